The summed E-state index contributed by atoms with van der Waals surface area (Å²) in [5.74, 6) is 0.744. The average Bonchev–Trinajstić information content (AvgIpc) is 2.47. The summed E-state index contributed by atoms with van der Waals surface area (Å²) in [6.45, 7) is 2.82. The Hall–Kier alpha value is -1.59. The molecule has 1 fully saturated rings. The van der Waals surface area contributed by atoms with Crippen LogP contribution in [0.4, 0.5) is 0 Å². The summed E-state index contributed by atoms with van der Waals surface area (Å²) in [7, 11) is 1.61. The van der Waals surface area contributed by atoms with Gasteiger partial charge in [0, 0.05) is 24.7 Å². The molecule has 104 valence electrons. The first-order valence-corrected chi connectivity index (χ1v) is 6.49. The lowest BCUT2D eigenvalue weighted by atomic mass is 10.1. The third kappa shape index (κ3) is 4.22. The summed E-state index contributed by atoms with van der Waals surface area (Å²) >= 11 is 0. The topological polar surface area (TPSA) is 59.6 Å². The van der Waals surface area contributed by atoms with Crippen molar-refractivity contribution in [3.63, 3.8) is 0 Å². The third-order valence-electron chi connectivity index (χ3n) is 3.09. The molecule has 1 amide bonds. The number of methoxy groups -OCH3 is 1. The Morgan fingerprint density at radius 3 is 3.11 bits per heavy atom. The second kappa shape index (κ2) is 7.11. The molecule has 2 N–H and O–H groups in total. The zero-order chi connectivity index (χ0) is 13.5. The molecule has 5 heteroatoms. The smallest absolute Gasteiger partial charge is 0.224 e. The minimum Gasteiger partial charge on any atom is -0.496 e. The standard InChI is InChI=1S/C14H20N2O3/c1-18-13-5-3-2-4-11(13)8-14(17)16-9-12-10-19-7-6-15-12/h2-5,12,15H,6-10H2,1H3,(H,16,17). The van der Waals surface area contributed by atoms with E-state index < -0.39 is 0 Å². The van der Waals surface area contributed by atoms with E-state index in [1.165, 1.54) is 0 Å². The summed E-state index contributed by atoms with van der Waals surface area (Å²) in [4.78, 5) is 11.9. The average molecular weight is 264 g/mol. The number of ether oxygens (including phenoxy) is 2. The van der Waals surface area contributed by atoms with Crippen LogP contribution in [0.15, 0.2) is 24.3 Å². The second-order valence-electron chi connectivity index (χ2n) is 4.52. The molecule has 1 saturated heterocycles. The molecule has 1 heterocycles. The van der Waals surface area contributed by atoms with Crippen LogP contribution in [0.3, 0.4) is 0 Å². The predicted octanol–water partition coefficient (Wildman–Crippen LogP) is 0.342. The van der Waals surface area contributed by atoms with E-state index in [0.29, 0.717) is 19.6 Å². The van der Waals surface area contributed by atoms with E-state index in [4.69, 9.17) is 9.47 Å². The van der Waals surface area contributed by atoms with Crippen molar-refractivity contribution in [2.75, 3.05) is 33.4 Å². The van der Waals surface area contributed by atoms with Gasteiger partial charge in [-0.2, -0.15) is 0 Å². The fourth-order valence-electron chi connectivity index (χ4n) is 2.07. The van der Waals surface area contributed by atoms with Gasteiger partial charge in [0.1, 0.15) is 5.75 Å². The first-order chi connectivity index (χ1) is 9.29. The highest BCUT2D eigenvalue weighted by molar-refractivity contribution is 5.79. The lowest BCUT2D eigenvalue weighted by Gasteiger charge is -2.24. The van der Waals surface area contributed by atoms with E-state index >= 15 is 0 Å². The molecule has 0 spiro atoms. The van der Waals surface area contributed by atoms with Crippen molar-refractivity contribution in [3.05, 3.63) is 29.8 Å². The highest BCUT2D eigenvalue weighted by atomic mass is 16.5. The molecule has 0 saturated carbocycles. The van der Waals surface area contributed by atoms with E-state index in [2.05, 4.69) is 10.6 Å². The maximum absolute atomic E-state index is 11.9. The number of morpholine rings is 1. The summed E-state index contributed by atoms with van der Waals surface area (Å²) in [6.07, 6.45) is 0.331. The van der Waals surface area contributed by atoms with Crippen molar-refractivity contribution in [2.45, 2.75) is 12.5 Å². The van der Waals surface area contributed by atoms with E-state index in [0.717, 1.165) is 24.5 Å². The molecule has 0 aromatic heterocycles. The fraction of sp³-hybridized carbons (Fsp3) is 0.500. The monoisotopic (exact) mass is 264 g/mol. The molecular weight excluding hydrogens is 244 g/mol. The van der Waals surface area contributed by atoms with Crippen molar-refractivity contribution in [2.24, 2.45) is 0 Å². The van der Waals surface area contributed by atoms with Crippen LogP contribution < -0.4 is 15.4 Å². The van der Waals surface area contributed by atoms with Crippen LogP contribution >= 0.6 is 0 Å². The number of para-hydroxylation sites is 1. The molecule has 0 aliphatic carbocycles. The lowest BCUT2D eigenvalue weighted by Crippen LogP contribution is -2.48. The van der Waals surface area contributed by atoms with Gasteiger partial charge >= 0.3 is 0 Å². The van der Waals surface area contributed by atoms with Crippen LogP contribution in [0.5, 0.6) is 5.75 Å². The Morgan fingerprint density at radius 2 is 2.37 bits per heavy atom. The minimum absolute atomic E-state index is 0.00289. The van der Waals surface area contributed by atoms with E-state index in [9.17, 15) is 4.79 Å². The van der Waals surface area contributed by atoms with Gasteiger partial charge in [-0.15, -0.1) is 0 Å². The van der Waals surface area contributed by atoms with Gasteiger partial charge in [0.15, 0.2) is 0 Å². The number of hydrogen-bond donors (Lipinski definition) is 2. The molecule has 5 nitrogen and oxygen atoms in total. The van der Waals surface area contributed by atoms with Crippen LogP contribution in [0.1, 0.15) is 5.56 Å². The third-order valence-corrected chi connectivity index (χ3v) is 3.09. The van der Waals surface area contributed by atoms with Gasteiger partial charge in [-0.25, -0.2) is 0 Å². The largest absolute Gasteiger partial charge is 0.496 e. The Balaban J connectivity index is 1.80. The first kappa shape index (κ1) is 13.8. The van der Waals surface area contributed by atoms with E-state index in [-0.39, 0.29) is 11.9 Å². The Labute approximate surface area is 113 Å². The number of hydrogen-bond acceptors (Lipinski definition) is 4. The number of nitrogens with one attached hydrogen (secondary N) is 2. The normalized spacial score (nSPS) is 18.9. The number of carbonyl (C=O) groups excluding carboxylic acids is 1. The molecule has 1 aliphatic rings. The van der Waals surface area contributed by atoms with Gasteiger partial charge in [-0.3, -0.25) is 4.79 Å². The Bertz CT molecular complexity index is 417. The van der Waals surface area contributed by atoms with E-state index in [1.54, 1.807) is 7.11 Å². The van der Waals surface area contributed by atoms with Crippen LogP contribution in [0.2, 0.25) is 0 Å². The summed E-state index contributed by atoms with van der Waals surface area (Å²) in [6, 6.07) is 7.76. The quantitative estimate of drug-likeness (QED) is 0.805. The molecule has 1 aliphatic heterocycles. The van der Waals surface area contributed by atoms with E-state index in [1.807, 2.05) is 24.3 Å². The van der Waals surface area contributed by atoms with Gasteiger partial charge in [0.2, 0.25) is 5.91 Å². The number of benzene rings is 1. The molecule has 1 unspecified atom stereocenters. The predicted molar refractivity (Wildman–Crippen MR) is 72.3 cm³/mol. The molecule has 1 aromatic carbocycles. The molecule has 0 radical (unpaired) electrons. The number of rotatable bonds is 5. The van der Waals surface area contributed by atoms with Crippen molar-refractivity contribution >= 4 is 5.91 Å². The van der Waals surface area contributed by atoms with Crippen LogP contribution in [0, 0.1) is 0 Å². The van der Waals surface area contributed by atoms with Gasteiger partial charge in [-0.1, -0.05) is 18.2 Å². The molecule has 1 atom stereocenters. The highest BCUT2D eigenvalue weighted by Crippen LogP contribution is 2.17. The number of carbonyl (C=O) groups is 1. The molecular formula is C14H20N2O3. The maximum Gasteiger partial charge on any atom is 0.224 e. The van der Waals surface area contributed by atoms with Crippen molar-refractivity contribution < 1.29 is 14.3 Å². The first-order valence-electron chi connectivity index (χ1n) is 6.49. The van der Waals surface area contributed by atoms with Crippen molar-refractivity contribution in [1.29, 1.82) is 0 Å². The van der Waals surface area contributed by atoms with Crippen LogP contribution in [-0.2, 0) is 16.0 Å². The van der Waals surface area contributed by atoms with Crippen LogP contribution in [0.25, 0.3) is 0 Å². The van der Waals surface area contributed by atoms with Gasteiger partial charge in [0.25, 0.3) is 0 Å². The molecule has 19 heavy (non-hydrogen) atoms. The summed E-state index contributed by atoms with van der Waals surface area (Å²) in [5, 5.41) is 6.21. The molecule has 0 bridgehead atoms. The molecule has 2 rings (SSSR count). The van der Waals surface area contributed by atoms with Gasteiger partial charge in [0.05, 0.1) is 26.7 Å². The molecule has 1 aromatic rings. The Morgan fingerprint density at radius 1 is 1.53 bits per heavy atom. The van der Waals surface area contributed by atoms with Gasteiger partial charge in [-0.05, 0) is 6.07 Å². The zero-order valence-electron chi connectivity index (χ0n) is 11.1. The maximum atomic E-state index is 11.9. The lowest BCUT2D eigenvalue weighted by molar-refractivity contribution is -0.120. The van der Waals surface area contributed by atoms with Crippen molar-refractivity contribution in [3.8, 4) is 5.75 Å². The minimum atomic E-state index is -0.00289. The second-order valence-corrected chi connectivity index (χ2v) is 4.52. The highest BCUT2D eigenvalue weighted by Gasteiger charge is 2.14. The van der Waals surface area contributed by atoms with Crippen molar-refractivity contribution in [1.82, 2.24) is 10.6 Å². The SMILES string of the molecule is COc1ccccc1CC(=O)NCC1COCCN1. The van der Waals surface area contributed by atoms with Crippen LogP contribution in [-0.4, -0.2) is 45.4 Å². The fourth-order valence-corrected chi connectivity index (χ4v) is 2.07. The summed E-state index contributed by atoms with van der Waals surface area (Å²) < 4.78 is 10.6. The summed E-state index contributed by atoms with van der Waals surface area (Å²) in [5.41, 5.74) is 0.898. The Kier molecular flexibility index (Phi) is 5.18. The zero-order valence-corrected chi connectivity index (χ0v) is 11.1. The number of amides is 1. The van der Waals surface area contributed by atoms with Gasteiger partial charge < -0.3 is 20.1 Å².